The Morgan fingerprint density at radius 3 is 2.83 bits per heavy atom. The van der Waals surface area contributed by atoms with Gasteiger partial charge >= 0.3 is 6.09 Å². The molecule has 1 rings (SSSR count). The quantitative estimate of drug-likeness (QED) is 0.666. The third-order valence-corrected chi connectivity index (χ3v) is 2.54. The maximum Gasteiger partial charge on any atom is 0.407 e. The number of nitrogens with zero attached hydrogens (tertiary/aromatic N) is 2. The lowest BCUT2D eigenvalue weighted by atomic mass is 10.2. The van der Waals surface area contributed by atoms with Crippen molar-refractivity contribution in [2.24, 2.45) is 0 Å². The number of rotatable bonds is 2. The molecule has 1 heterocycles. The molecule has 1 atom stereocenters. The van der Waals surface area contributed by atoms with Crippen molar-refractivity contribution in [2.45, 2.75) is 19.4 Å². The summed E-state index contributed by atoms with van der Waals surface area (Å²) in [5.41, 5.74) is 0. The van der Waals surface area contributed by atoms with Crippen molar-refractivity contribution in [3.05, 3.63) is 0 Å². The van der Waals surface area contributed by atoms with E-state index < -0.39 is 6.09 Å². The van der Waals surface area contributed by atoms with E-state index in [-0.39, 0.29) is 6.04 Å². The van der Waals surface area contributed by atoms with E-state index in [2.05, 4.69) is 11.8 Å². The first-order chi connectivity index (χ1) is 5.65. The minimum atomic E-state index is -0.821. The van der Waals surface area contributed by atoms with Crippen molar-refractivity contribution in [1.82, 2.24) is 9.80 Å². The predicted octanol–water partition coefficient (Wildman–Crippen LogP) is 0.690. The second-order valence-corrected chi connectivity index (χ2v) is 3.23. The van der Waals surface area contributed by atoms with E-state index in [1.165, 1.54) is 4.90 Å². The molecule has 0 aromatic rings. The number of amides is 1. The van der Waals surface area contributed by atoms with E-state index >= 15 is 0 Å². The Hall–Kier alpha value is -0.770. The minimum Gasteiger partial charge on any atom is -0.465 e. The maximum absolute atomic E-state index is 10.6. The van der Waals surface area contributed by atoms with Crippen molar-refractivity contribution in [3.8, 4) is 0 Å². The molecule has 0 saturated carbocycles. The van der Waals surface area contributed by atoms with Gasteiger partial charge in [0.15, 0.2) is 0 Å². The fourth-order valence-corrected chi connectivity index (χ4v) is 1.57. The lowest BCUT2D eigenvalue weighted by Crippen LogP contribution is -2.37. The minimum absolute atomic E-state index is 0.197. The Morgan fingerprint density at radius 2 is 2.42 bits per heavy atom. The molecule has 0 aliphatic carbocycles. The molecule has 0 aromatic carbocycles. The topological polar surface area (TPSA) is 43.8 Å². The van der Waals surface area contributed by atoms with Gasteiger partial charge in [-0.1, -0.05) is 6.92 Å². The highest BCUT2D eigenvalue weighted by Gasteiger charge is 2.26. The fraction of sp³-hybridized carbons (Fsp3) is 0.875. The third kappa shape index (κ3) is 1.88. The summed E-state index contributed by atoms with van der Waals surface area (Å²) in [6, 6.07) is 0.197. The van der Waals surface area contributed by atoms with Gasteiger partial charge in [0, 0.05) is 26.2 Å². The van der Waals surface area contributed by atoms with Crippen LogP contribution in [-0.4, -0.2) is 53.7 Å². The van der Waals surface area contributed by atoms with Crippen LogP contribution in [0, 0.1) is 0 Å². The summed E-state index contributed by atoms with van der Waals surface area (Å²) in [6.07, 6.45) is 0.148. The van der Waals surface area contributed by atoms with Crippen LogP contribution in [0.5, 0.6) is 0 Å². The predicted molar refractivity (Wildman–Crippen MR) is 46.3 cm³/mol. The molecule has 12 heavy (non-hydrogen) atoms. The molecule has 0 aromatic heterocycles. The number of carbonyl (C=O) groups is 1. The highest BCUT2D eigenvalue weighted by Crippen LogP contribution is 2.13. The van der Waals surface area contributed by atoms with Crippen molar-refractivity contribution >= 4 is 6.09 Å². The lowest BCUT2D eigenvalue weighted by molar-refractivity contribution is 0.139. The van der Waals surface area contributed by atoms with Crippen LogP contribution >= 0.6 is 0 Å². The van der Waals surface area contributed by atoms with Gasteiger partial charge in [-0.3, -0.25) is 0 Å². The van der Waals surface area contributed by atoms with Gasteiger partial charge in [0.25, 0.3) is 0 Å². The van der Waals surface area contributed by atoms with E-state index in [9.17, 15) is 4.79 Å². The number of likely N-dealkylation sites (tertiary alicyclic amines) is 1. The largest absolute Gasteiger partial charge is 0.465 e. The number of hydrogen-bond donors (Lipinski definition) is 1. The second kappa shape index (κ2) is 3.76. The Bertz CT molecular complexity index is 172. The van der Waals surface area contributed by atoms with Gasteiger partial charge in [-0.25, -0.2) is 4.79 Å². The normalized spacial score (nSPS) is 24.3. The van der Waals surface area contributed by atoms with Gasteiger partial charge in [0.2, 0.25) is 0 Å². The molecule has 1 fully saturated rings. The van der Waals surface area contributed by atoms with Crippen molar-refractivity contribution in [3.63, 3.8) is 0 Å². The van der Waals surface area contributed by atoms with E-state index in [1.807, 2.05) is 0 Å². The van der Waals surface area contributed by atoms with Gasteiger partial charge in [-0.2, -0.15) is 0 Å². The molecule has 1 amide bonds. The zero-order valence-electron chi connectivity index (χ0n) is 7.66. The first kappa shape index (κ1) is 9.32. The second-order valence-electron chi connectivity index (χ2n) is 3.23. The summed E-state index contributed by atoms with van der Waals surface area (Å²) in [5.74, 6) is 0. The molecule has 4 heteroatoms. The van der Waals surface area contributed by atoms with Gasteiger partial charge in [-0.05, 0) is 13.0 Å². The molecule has 0 radical (unpaired) electrons. The summed E-state index contributed by atoms with van der Waals surface area (Å²) >= 11 is 0. The molecule has 0 unspecified atom stereocenters. The zero-order valence-corrected chi connectivity index (χ0v) is 7.66. The van der Waals surface area contributed by atoms with Crippen LogP contribution in [0.2, 0.25) is 0 Å². The van der Waals surface area contributed by atoms with Gasteiger partial charge in [0.05, 0.1) is 0 Å². The SMILES string of the molecule is CCN1CC[C@@H](N(C)C(=O)O)C1. The fourth-order valence-electron chi connectivity index (χ4n) is 1.57. The average Bonchev–Trinajstić information content (AvgIpc) is 2.50. The van der Waals surface area contributed by atoms with Crippen molar-refractivity contribution < 1.29 is 9.90 Å². The molecule has 0 bridgehead atoms. The Balaban J connectivity index is 2.41. The van der Waals surface area contributed by atoms with Crippen LogP contribution in [0.4, 0.5) is 4.79 Å². The highest BCUT2D eigenvalue weighted by atomic mass is 16.4. The molecular formula is C8H16N2O2. The summed E-state index contributed by atoms with van der Waals surface area (Å²) < 4.78 is 0. The Labute approximate surface area is 72.8 Å². The lowest BCUT2D eigenvalue weighted by Gasteiger charge is -2.21. The molecule has 0 spiro atoms. The first-order valence-corrected chi connectivity index (χ1v) is 4.33. The molecular weight excluding hydrogens is 156 g/mol. The molecule has 1 aliphatic heterocycles. The van der Waals surface area contributed by atoms with E-state index in [0.717, 1.165) is 26.1 Å². The van der Waals surface area contributed by atoms with Crippen molar-refractivity contribution in [2.75, 3.05) is 26.7 Å². The molecule has 1 aliphatic rings. The summed E-state index contributed by atoms with van der Waals surface area (Å²) in [6.45, 7) is 5.03. The van der Waals surface area contributed by atoms with Crippen LogP contribution in [0.15, 0.2) is 0 Å². The van der Waals surface area contributed by atoms with Gasteiger partial charge < -0.3 is 14.9 Å². The van der Waals surface area contributed by atoms with Crippen LogP contribution in [0.1, 0.15) is 13.3 Å². The standard InChI is InChI=1S/C8H16N2O2/c1-3-10-5-4-7(6-10)9(2)8(11)12/h7H,3-6H2,1-2H3,(H,11,12)/t7-/m1/s1. The van der Waals surface area contributed by atoms with E-state index in [1.54, 1.807) is 7.05 Å². The Morgan fingerprint density at radius 1 is 1.75 bits per heavy atom. The molecule has 1 saturated heterocycles. The molecule has 4 nitrogen and oxygen atoms in total. The van der Waals surface area contributed by atoms with Crippen LogP contribution in [0.3, 0.4) is 0 Å². The number of carboxylic acid groups (broad SMARTS) is 1. The van der Waals surface area contributed by atoms with Crippen LogP contribution in [0.25, 0.3) is 0 Å². The van der Waals surface area contributed by atoms with Crippen LogP contribution in [-0.2, 0) is 0 Å². The average molecular weight is 172 g/mol. The van der Waals surface area contributed by atoms with Crippen LogP contribution < -0.4 is 0 Å². The van der Waals surface area contributed by atoms with Gasteiger partial charge in [-0.15, -0.1) is 0 Å². The van der Waals surface area contributed by atoms with Gasteiger partial charge in [0.1, 0.15) is 0 Å². The Kier molecular flexibility index (Phi) is 2.92. The first-order valence-electron chi connectivity index (χ1n) is 4.33. The summed E-state index contributed by atoms with van der Waals surface area (Å²) in [5, 5.41) is 8.71. The molecule has 70 valence electrons. The zero-order chi connectivity index (χ0) is 9.14. The summed E-state index contributed by atoms with van der Waals surface area (Å²) in [7, 11) is 1.64. The van der Waals surface area contributed by atoms with Crippen molar-refractivity contribution in [1.29, 1.82) is 0 Å². The highest BCUT2D eigenvalue weighted by molar-refractivity contribution is 5.65. The summed E-state index contributed by atoms with van der Waals surface area (Å²) in [4.78, 5) is 14.3. The maximum atomic E-state index is 10.6. The smallest absolute Gasteiger partial charge is 0.407 e. The third-order valence-electron chi connectivity index (χ3n) is 2.54. The van der Waals surface area contributed by atoms with E-state index in [0.29, 0.717) is 0 Å². The number of hydrogen-bond acceptors (Lipinski definition) is 2. The monoisotopic (exact) mass is 172 g/mol. The number of likely N-dealkylation sites (N-methyl/N-ethyl adjacent to an activating group) is 2. The van der Waals surface area contributed by atoms with E-state index in [4.69, 9.17) is 5.11 Å². The molecule has 1 N–H and O–H groups in total.